The van der Waals surface area contributed by atoms with E-state index in [1.54, 1.807) is 19.2 Å². The van der Waals surface area contributed by atoms with Crippen molar-refractivity contribution in [3.05, 3.63) is 63.4 Å². The molecule has 0 aliphatic carbocycles. The molecule has 1 N–H and O–H groups in total. The highest BCUT2D eigenvalue weighted by molar-refractivity contribution is 7.15. The summed E-state index contributed by atoms with van der Waals surface area (Å²) in [6, 6.07) is 9.24. The summed E-state index contributed by atoms with van der Waals surface area (Å²) in [6.07, 6.45) is 2.46. The van der Waals surface area contributed by atoms with Crippen molar-refractivity contribution in [1.29, 1.82) is 0 Å². The van der Waals surface area contributed by atoms with E-state index in [1.807, 2.05) is 24.3 Å². The van der Waals surface area contributed by atoms with Crippen molar-refractivity contribution in [2.24, 2.45) is 0 Å². The van der Waals surface area contributed by atoms with Crippen LogP contribution >= 0.6 is 22.9 Å². The van der Waals surface area contributed by atoms with E-state index in [4.69, 9.17) is 16.1 Å². The van der Waals surface area contributed by atoms with Crippen molar-refractivity contribution < 1.29 is 9.32 Å². The molecule has 22 heavy (non-hydrogen) atoms. The number of thiazole rings is 1. The molecule has 3 rings (SSSR count). The highest BCUT2D eigenvalue weighted by Gasteiger charge is 2.13. The molecule has 0 atom stereocenters. The quantitative estimate of drug-likeness (QED) is 0.785. The maximum atomic E-state index is 11.9. The van der Waals surface area contributed by atoms with E-state index in [1.165, 1.54) is 11.3 Å². The van der Waals surface area contributed by atoms with Gasteiger partial charge in [0.25, 0.3) is 5.91 Å². The third-order valence-electron chi connectivity index (χ3n) is 2.89. The van der Waals surface area contributed by atoms with Crippen molar-refractivity contribution >= 4 is 34.0 Å². The zero-order valence-corrected chi connectivity index (χ0v) is 13.2. The number of carbonyl (C=O) groups is 1. The summed E-state index contributed by atoms with van der Waals surface area (Å²) < 4.78 is 4.91. The van der Waals surface area contributed by atoms with E-state index in [9.17, 15) is 4.79 Å². The van der Waals surface area contributed by atoms with Crippen LogP contribution < -0.4 is 5.32 Å². The van der Waals surface area contributed by atoms with Crippen molar-refractivity contribution in [2.45, 2.75) is 13.3 Å². The molecule has 0 aliphatic heterocycles. The first-order valence-electron chi connectivity index (χ1n) is 6.54. The van der Waals surface area contributed by atoms with Crippen molar-refractivity contribution in [1.82, 2.24) is 10.1 Å². The van der Waals surface area contributed by atoms with Crippen molar-refractivity contribution in [3.63, 3.8) is 0 Å². The van der Waals surface area contributed by atoms with E-state index in [2.05, 4.69) is 15.5 Å². The Morgan fingerprint density at radius 2 is 2.27 bits per heavy atom. The number of rotatable bonds is 4. The first-order valence-corrected chi connectivity index (χ1v) is 7.73. The fourth-order valence-electron chi connectivity index (χ4n) is 1.92. The Labute approximate surface area is 135 Å². The van der Waals surface area contributed by atoms with Gasteiger partial charge in [0.15, 0.2) is 5.13 Å². The van der Waals surface area contributed by atoms with Crippen LogP contribution in [0.4, 0.5) is 5.13 Å². The highest BCUT2D eigenvalue weighted by Crippen LogP contribution is 2.23. The van der Waals surface area contributed by atoms with Gasteiger partial charge in [0.05, 0.1) is 5.69 Å². The predicted molar refractivity (Wildman–Crippen MR) is 85.6 cm³/mol. The highest BCUT2D eigenvalue weighted by atomic mass is 35.5. The molecule has 1 aromatic carbocycles. The SMILES string of the molecule is Cc1cc(C(=O)Nc2ncc(Cc3cccc(Cl)c3)s2)on1. The molecule has 1 amide bonds. The normalized spacial score (nSPS) is 10.6. The van der Waals surface area contributed by atoms with Crippen LogP contribution in [0, 0.1) is 6.92 Å². The van der Waals surface area contributed by atoms with Gasteiger partial charge in [0.1, 0.15) is 0 Å². The molecule has 0 radical (unpaired) electrons. The van der Waals surface area contributed by atoms with Gasteiger partial charge in [-0.1, -0.05) is 28.9 Å². The summed E-state index contributed by atoms with van der Waals surface area (Å²) in [5, 5.41) is 7.61. The van der Waals surface area contributed by atoms with E-state index >= 15 is 0 Å². The Kier molecular flexibility index (Phi) is 4.22. The van der Waals surface area contributed by atoms with E-state index in [0.717, 1.165) is 16.9 Å². The number of benzene rings is 1. The molecule has 0 unspecified atom stereocenters. The number of hydrogen-bond donors (Lipinski definition) is 1. The average molecular weight is 334 g/mol. The van der Waals surface area contributed by atoms with Gasteiger partial charge in [-0.3, -0.25) is 10.1 Å². The summed E-state index contributed by atoms with van der Waals surface area (Å²) >= 11 is 7.38. The first kappa shape index (κ1) is 14.7. The maximum Gasteiger partial charge on any atom is 0.296 e. The summed E-state index contributed by atoms with van der Waals surface area (Å²) in [7, 11) is 0. The van der Waals surface area contributed by atoms with E-state index < -0.39 is 0 Å². The molecule has 5 nitrogen and oxygen atoms in total. The fourth-order valence-corrected chi connectivity index (χ4v) is 2.98. The summed E-state index contributed by atoms with van der Waals surface area (Å²) in [4.78, 5) is 17.2. The maximum absolute atomic E-state index is 11.9. The molecular formula is C15H12ClN3O2S. The van der Waals surface area contributed by atoms with Crippen LogP contribution in [0.5, 0.6) is 0 Å². The molecule has 0 bridgehead atoms. The summed E-state index contributed by atoms with van der Waals surface area (Å²) in [5.41, 5.74) is 1.76. The van der Waals surface area contributed by atoms with Crippen LogP contribution in [0.25, 0.3) is 0 Å². The number of nitrogens with zero attached hydrogens (tertiary/aromatic N) is 2. The Morgan fingerprint density at radius 1 is 1.41 bits per heavy atom. The molecule has 2 aromatic heterocycles. The van der Waals surface area contributed by atoms with Gasteiger partial charge < -0.3 is 4.52 Å². The Balaban J connectivity index is 1.67. The molecular weight excluding hydrogens is 322 g/mol. The third-order valence-corrected chi connectivity index (χ3v) is 4.04. The lowest BCUT2D eigenvalue weighted by molar-refractivity contribution is 0.0988. The summed E-state index contributed by atoms with van der Waals surface area (Å²) in [5.74, 6) is -0.187. The van der Waals surface area contributed by atoms with Gasteiger partial charge in [0, 0.05) is 28.6 Å². The van der Waals surface area contributed by atoms with Crippen LogP contribution in [0.3, 0.4) is 0 Å². The lowest BCUT2D eigenvalue weighted by Gasteiger charge is -1.99. The predicted octanol–water partition coefficient (Wildman–Crippen LogP) is 3.94. The minimum absolute atomic E-state index is 0.170. The van der Waals surface area contributed by atoms with Crippen LogP contribution in [0.15, 0.2) is 41.1 Å². The van der Waals surface area contributed by atoms with Crippen LogP contribution in [0.2, 0.25) is 5.02 Å². The van der Waals surface area contributed by atoms with Crippen LogP contribution in [-0.2, 0) is 6.42 Å². The molecule has 7 heteroatoms. The lowest BCUT2D eigenvalue weighted by Crippen LogP contribution is -2.10. The molecule has 2 heterocycles. The number of aromatic nitrogens is 2. The monoisotopic (exact) mass is 333 g/mol. The summed E-state index contributed by atoms with van der Waals surface area (Å²) in [6.45, 7) is 1.76. The standard InChI is InChI=1S/C15H12ClN3O2S/c1-9-5-13(21-19-9)14(20)18-15-17-8-12(22-15)7-10-3-2-4-11(16)6-10/h2-6,8H,7H2,1H3,(H,17,18,20). The number of aryl methyl sites for hydroxylation is 1. The minimum atomic E-state index is -0.357. The van der Waals surface area contributed by atoms with Crippen LogP contribution in [0.1, 0.15) is 26.7 Å². The largest absolute Gasteiger partial charge is 0.351 e. The zero-order chi connectivity index (χ0) is 15.5. The van der Waals surface area contributed by atoms with Crippen LogP contribution in [-0.4, -0.2) is 16.0 Å². The molecule has 0 spiro atoms. The Bertz CT molecular complexity index is 812. The molecule has 0 aliphatic rings. The van der Waals surface area contributed by atoms with Gasteiger partial charge in [-0.15, -0.1) is 11.3 Å². The van der Waals surface area contributed by atoms with Gasteiger partial charge in [-0.05, 0) is 24.6 Å². The number of nitrogens with one attached hydrogen (secondary N) is 1. The minimum Gasteiger partial charge on any atom is -0.351 e. The molecule has 0 saturated heterocycles. The molecule has 0 fully saturated rings. The second kappa shape index (κ2) is 6.29. The van der Waals surface area contributed by atoms with Crippen molar-refractivity contribution in [3.8, 4) is 0 Å². The average Bonchev–Trinajstić information content (AvgIpc) is 3.08. The zero-order valence-electron chi connectivity index (χ0n) is 11.7. The first-order chi connectivity index (χ1) is 10.6. The van der Waals surface area contributed by atoms with Gasteiger partial charge in [0.2, 0.25) is 5.76 Å². The number of anilines is 1. The second-order valence-electron chi connectivity index (χ2n) is 4.73. The molecule has 0 saturated carbocycles. The topological polar surface area (TPSA) is 68.0 Å². The van der Waals surface area contributed by atoms with Gasteiger partial charge in [-0.2, -0.15) is 0 Å². The second-order valence-corrected chi connectivity index (χ2v) is 6.28. The Morgan fingerprint density at radius 3 is 3.00 bits per heavy atom. The number of hydrogen-bond acceptors (Lipinski definition) is 5. The molecule has 3 aromatic rings. The fraction of sp³-hybridized carbons (Fsp3) is 0.133. The molecule has 112 valence electrons. The number of halogens is 1. The van der Waals surface area contributed by atoms with Crippen molar-refractivity contribution in [2.75, 3.05) is 5.32 Å². The van der Waals surface area contributed by atoms with E-state index in [-0.39, 0.29) is 11.7 Å². The lowest BCUT2D eigenvalue weighted by atomic mass is 10.1. The third kappa shape index (κ3) is 3.52. The van der Waals surface area contributed by atoms with Gasteiger partial charge in [-0.25, -0.2) is 4.98 Å². The number of amides is 1. The smallest absolute Gasteiger partial charge is 0.296 e. The van der Waals surface area contributed by atoms with Gasteiger partial charge >= 0.3 is 0 Å². The number of carbonyl (C=O) groups excluding carboxylic acids is 1. The van der Waals surface area contributed by atoms with E-state index in [0.29, 0.717) is 15.8 Å². The Hall–Kier alpha value is -2.18.